The van der Waals surface area contributed by atoms with Gasteiger partial charge in [0.15, 0.2) is 11.6 Å². The zero-order chi connectivity index (χ0) is 19.1. The number of carbonyl (C=O) groups excluding carboxylic acids is 1. The van der Waals surface area contributed by atoms with Gasteiger partial charge in [0.25, 0.3) is 0 Å². The molecule has 0 aliphatic rings. The third-order valence-electron chi connectivity index (χ3n) is 3.75. The molecule has 0 bridgehead atoms. The van der Waals surface area contributed by atoms with Crippen molar-refractivity contribution >= 4 is 17.9 Å². The number of hydrogen-bond acceptors (Lipinski definition) is 4. The predicted octanol–water partition coefficient (Wildman–Crippen LogP) is 4.50. The van der Waals surface area contributed by atoms with Crippen LogP contribution in [-0.4, -0.2) is 29.9 Å². The molecule has 25 heavy (non-hydrogen) atoms. The first kappa shape index (κ1) is 20.7. The summed E-state index contributed by atoms with van der Waals surface area (Å²) in [6.45, 7) is 6.49. The minimum Gasteiger partial charge on any atom is -0.506 e. The number of hydrogen-bond donors (Lipinski definition) is 1. The van der Waals surface area contributed by atoms with Gasteiger partial charge in [0, 0.05) is 23.9 Å². The molecule has 0 unspecified atom stereocenters. The number of aliphatic imine (C=N–C) groups is 1. The highest BCUT2D eigenvalue weighted by molar-refractivity contribution is 6.15. The fourth-order valence-electron chi connectivity index (χ4n) is 2.24. The Labute approximate surface area is 145 Å². The first-order chi connectivity index (χ1) is 11.8. The Morgan fingerprint density at radius 1 is 1.24 bits per heavy atom. The minimum absolute atomic E-state index is 0.0215. The maximum absolute atomic E-state index is 14.1. The lowest BCUT2D eigenvalue weighted by molar-refractivity contribution is -0.137. The number of halogens is 3. The molecule has 7 heteroatoms. The molecule has 0 spiro atoms. The molecule has 0 radical (unpaired) electrons. The van der Waals surface area contributed by atoms with Crippen LogP contribution in [0, 0.1) is 24.4 Å². The van der Waals surface area contributed by atoms with Crippen LogP contribution in [0.2, 0.25) is 0 Å². The topological polar surface area (TPSA) is 58.9 Å². The van der Waals surface area contributed by atoms with Crippen LogP contribution < -0.4 is 0 Å². The third-order valence-corrected chi connectivity index (χ3v) is 3.75. The van der Waals surface area contributed by atoms with Crippen molar-refractivity contribution in [1.82, 2.24) is 0 Å². The van der Waals surface area contributed by atoms with E-state index in [2.05, 4.69) is 4.99 Å². The van der Waals surface area contributed by atoms with Gasteiger partial charge in [0.1, 0.15) is 17.1 Å². The van der Waals surface area contributed by atoms with E-state index < -0.39 is 45.9 Å². The maximum Gasteiger partial charge on any atom is 0.343 e. The summed E-state index contributed by atoms with van der Waals surface area (Å²) in [5, 5.41) is 10.4. The van der Waals surface area contributed by atoms with Gasteiger partial charge < -0.3 is 9.84 Å². The molecule has 1 rings (SSSR count). The van der Waals surface area contributed by atoms with Gasteiger partial charge in [-0.15, -0.1) is 0 Å². The second-order valence-corrected chi connectivity index (χ2v) is 5.39. The van der Waals surface area contributed by atoms with Crippen molar-refractivity contribution in [3.63, 3.8) is 0 Å². The van der Waals surface area contributed by atoms with E-state index in [1.54, 1.807) is 6.92 Å². The molecule has 0 aliphatic carbocycles. The molecule has 0 fully saturated rings. The van der Waals surface area contributed by atoms with Gasteiger partial charge >= 0.3 is 5.97 Å². The normalized spacial score (nSPS) is 12.6. The van der Waals surface area contributed by atoms with Gasteiger partial charge in [-0.2, -0.15) is 0 Å². The zero-order valence-corrected chi connectivity index (χ0v) is 14.7. The van der Waals surface area contributed by atoms with Crippen LogP contribution in [0.15, 0.2) is 16.6 Å². The number of aliphatic hydroxyl groups excluding tert-OH is 1. The van der Waals surface area contributed by atoms with Crippen LogP contribution in [0.5, 0.6) is 0 Å². The lowest BCUT2D eigenvalue weighted by Gasteiger charge is -2.12. The van der Waals surface area contributed by atoms with Crippen molar-refractivity contribution in [2.45, 2.75) is 46.6 Å². The number of rotatable bonds is 7. The smallest absolute Gasteiger partial charge is 0.343 e. The summed E-state index contributed by atoms with van der Waals surface area (Å²) >= 11 is 0. The molecule has 0 saturated carbocycles. The number of esters is 1. The SMILES string of the molecule is CCOC(=O)C(C=NC(CC)CC)=C(O)c1c(F)cc(F)c(F)c1C. The Bertz CT molecular complexity index is 695. The molecule has 1 N–H and O–H groups in total. The van der Waals surface area contributed by atoms with Gasteiger partial charge in [-0.3, -0.25) is 4.99 Å². The van der Waals surface area contributed by atoms with Crippen molar-refractivity contribution in [1.29, 1.82) is 0 Å². The summed E-state index contributed by atoms with van der Waals surface area (Å²) in [5.41, 5.74) is -1.47. The van der Waals surface area contributed by atoms with E-state index in [0.717, 1.165) is 13.1 Å². The van der Waals surface area contributed by atoms with Crippen LogP contribution in [0.4, 0.5) is 13.2 Å². The fraction of sp³-hybridized carbons (Fsp3) is 0.444. The van der Waals surface area contributed by atoms with Crippen molar-refractivity contribution in [3.05, 3.63) is 40.2 Å². The third kappa shape index (κ3) is 4.84. The zero-order valence-electron chi connectivity index (χ0n) is 14.7. The molecule has 0 aliphatic heterocycles. The molecular formula is C18H22F3NO3. The van der Waals surface area contributed by atoms with E-state index in [4.69, 9.17) is 4.74 Å². The number of aliphatic hydroxyl groups is 1. The van der Waals surface area contributed by atoms with Crippen molar-refractivity contribution in [2.75, 3.05) is 6.61 Å². The number of ether oxygens (including phenoxy) is 1. The minimum atomic E-state index is -1.38. The van der Waals surface area contributed by atoms with Gasteiger partial charge in [-0.05, 0) is 26.7 Å². The van der Waals surface area contributed by atoms with Crippen molar-refractivity contribution < 1.29 is 27.8 Å². The number of carbonyl (C=O) groups is 1. The summed E-state index contributed by atoms with van der Waals surface area (Å²) < 4.78 is 45.9. The average Bonchev–Trinajstić information content (AvgIpc) is 2.57. The molecule has 0 atom stereocenters. The van der Waals surface area contributed by atoms with Crippen LogP contribution in [0.1, 0.15) is 44.7 Å². The molecule has 0 saturated heterocycles. The fourth-order valence-corrected chi connectivity index (χ4v) is 2.24. The molecule has 1 aromatic rings. The number of benzene rings is 1. The van der Waals surface area contributed by atoms with Crippen molar-refractivity contribution in [2.24, 2.45) is 4.99 Å². The highest BCUT2D eigenvalue weighted by Crippen LogP contribution is 2.27. The van der Waals surface area contributed by atoms with Crippen molar-refractivity contribution in [3.8, 4) is 0 Å². The Balaban J connectivity index is 3.55. The molecule has 0 heterocycles. The Hall–Kier alpha value is -2.31. The molecular weight excluding hydrogens is 335 g/mol. The predicted molar refractivity (Wildman–Crippen MR) is 90.1 cm³/mol. The maximum atomic E-state index is 14.1. The summed E-state index contributed by atoms with van der Waals surface area (Å²) in [6, 6.07) is 0.211. The van der Waals surface area contributed by atoms with Gasteiger partial charge in [0.2, 0.25) is 0 Å². The summed E-state index contributed by atoms with van der Waals surface area (Å²) in [5.74, 6) is -5.65. The lowest BCUT2D eigenvalue weighted by atomic mass is 10.0. The van der Waals surface area contributed by atoms with Gasteiger partial charge in [0.05, 0.1) is 12.2 Å². The number of nitrogens with zero attached hydrogens (tertiary/aromatic N) is 1. The quantitative estimate of drug-likeness (QED) is 0.257. The first-order valence-corrected chi connectivity index (χ1v) is 8.06. The van der Waals surface area contributed by atoms with E-state index >= 15 is 0 Å². The monoisotopic (exact) mass is 357 g/mol. The van der Waals surface area contributed by atoms with E-state index in [1.165, 1.54) is 0 Å². The molecule has 1 aromatic carbocycles. The van der Waals surface area contributed by atoms with E-state index in [9.17, 15) is 23.1 Å². The van der Waals surface area contributed by atoms with Crippen LogP contribution in [0.25, 0.3) is 5.76 Å². The van der Waals surface area contributed by atoms with Crippen LogP contribution in [-0.2, 0) is 9.53 Å². The lowest BCUT2D eigenvalue weighted by Crippen LogP contribution is -2.14. The van der Waals surface area contributed by atoms with E-state index in [0.29, 0.717) is 18.9 Å². The molecule has 0 aromatic heterocycles. The molecule has 4 nitrogen and oxygen atoms in total. The Morgan fingerprint density at radius 2 is 1.84 bits per heavy atom. The van der Waals surface area contributed by atoms with Crippen LogP contribution >= 0.6 is 0 Å². The Kier molecular flexibility index (Phi) is 7.67. The van der Waals surface area contributed by atoms with Crippen LogP contribution in [0.3, 0.4) is 0 Å². The average molecular weight is 357 g/mol. The summed E-state index contributed by atoms with van der Waals surface area (Å²) in [6.07, 6.45) is 2.48. The highest BCUT2D eigenvalue weighted by atomic mass is 19.2. The largest absolute Gasteiger partial charge is 0.506 e. The van der Waals surface area contributed by atoms with E-state index in [1.807, 2.05) is 13.8 Å². The second-order valence-electron chi connectivity index (χ2n) is 5.39. The second kappa shape index (κ2) is 9.25. The highest BCUT2D eigenvalue weighted by Gasteiger charge is 2.24. The van der Waals surface area contributed by atoms with Gasteiger partial charge in [-0.1, -0.05) is 13.8 Å². The van der Waals surface area contributed by atoms with Gasteiger partial charge in [-0.25, -0.2) is 18.0 Å². The summed E-state index contributed by atoms with van der Waals surface area (Å²) in [7, 11) is 0. The van der Waals surface area contributed by atoms with E-state index in [-0.39, 0.29) is 12.6 Å². The molecule has 0 amide bonds. The Morgan fingerprint density at radius 3 is 2.36 bits per heavy atom. The standard InChI is InChI=1S/C18H22F3NO3/c1-5-11(6-2)22-9-12(18(24)25-7-3)17(23)15-10(4)16(21)14(20)8-13(15)19/h8-9,11,23H,5-7H2,1-4H3. The molecule has 138 valence electrons. The summed E-state index contributed by atoms with van der Waals surface area (Å²) in [4.78, 5) is 16.3. The first-order valence-electron chi connectivity index (χ1n) is 8.06.